The number of rotatable bonds is 5. The van der Waals surface area contributed by atoms with E-state index in [4.69, 9.17) is 9.47 Å². The van der Waals surface area contributed by atoms with Crippen LogP contribution in [-0.2, 0) is 6.61 Å². The number of ether oxygens (including phenoxy) is 2. The molecule has 0 aliphatic rings. The molecule has 0 aliphatic heterocycles. The lowest BCUT2D eigenvalue weighted by molar-refractivity contribution is 0.111. The second-order valence-corrected chi connectivity index (χ2v) is 4.77. The highest BCUT2D eigenvalue weighted by molar-refractivity contribution is 9.10. The highest BCUT2D eigenvalue weighted by Crippen LogP contribution is 2.33. The number of hydrogen-bond acceptors (Lipinski definition) is 3. The molecule has 0 N–H and O–H groups in total. The molecule has 19 heavy (non-hydrogen) atoms. The molecule has 0 aliphatic carbocycles. The largest absolute Gasteiger partial charge is 0.497 e. The third kappa shape index (κ3) is 3.35. The third-order valence-corrected chi connectivity index (χ3v) is 3.22. The molecule has 2 rings (SSSR count). The summed E-state index contributed by atoms with van der Waals surface area (Å²) in [6.07, 6.45) is 0.758. The van der Waals surface area contributed by atoms with E-state index in [0.717, 1.165) is 11.8 Å². The van der Waals surface area contributed by atoms with Crippen molar-refractivity contribution in [3.63, 3.8) is 0 Å². The van der Waals surface area contributed by atoms with Crippen LogP contribution in [0.1, 0.15) is 15.9 Å². The summed E-state index contributed by atoms with van der Waals surface area (Å²) < 4.78 is 11.5. The van der Waals surface area contributed by atoms with E-state index in [1.807, 2.05) is 30.3 Å². The smallest absolute Gasteiger partial charge is 0.153 e. The van der Waals surface area contributed by atoms with Crippen LogP contribution in [-0.4, -0.2) is 13.4 Å². The topological polar surface area (TPSA) is 35.5 Å². The minimum absolute atomic E-state index is 0.409. The Bertz CT molecular complexity index is 567. The second kappa shape index (κ2) is 6.38. The molecule has 2 aromatic carbocycles. The molecule has 0 aromatic heterocycles. The first-order valence-corrected chi connectivity index (χ1v) is 6.53. The lowest BCUT2D eigenvalue weighted by Gasteiger charge is -2.12. The van der Waals surface area contributed by atoms with Gasteiger partial charge in [-0.3, -0.25) is 4.79 Å². The number of halogens is 1. The molecule has 0 amide bonds. The molecule has 0 fully saturated rings. The van der Waals surface area contributed by atoms with Crippen LogP contribution in [0.5, 0.6) is 11.5 Å². The Balaban J connectivity index is 2.22. The maximum absolute atomic E-state index is 11.1. The standard InChI is InChI=1S/C15H13BrO3/c1-18-13-7-12(9-17)15(14(16)8-13)19-10-11-5-3-2-4-6-11/h2-9H,10H2,1H3. The highest BCUT2D eigenvalue weighted by Gasteiger charge is 2.11. The second-order valence-electron chi connectivity index (χ2n) is 3.92. The Morgan fingerprint density at radius 1 is 1.21 bits per heavy atom. The van der Waals surface area contributed by atoms with E-state index < -0.39 is 0 Å². The van der Waals surface area contributed by atoms with E-state index in [-0.39, 0.29) is 0 Å². The molecular formula is C15H13BrO3. The zero-order valence-electron chi connectivity index (χ0n) is 10.4. The number of carbonyl (C=O) groups is 1. The van der Waals surface area contributed by atoms with Crippen molar-refractivity contribution in [2.75, 3.05) is 7.11 Å². The Morgan fingerprint density at radius 3 is 2.58 bits per heavy atom. The van der Waals surface area contributed by atoms with Crippen molar-refractivity contribution in [1.82, 2.24) is 0 Å². The van der Waals surface area contributed by atoms with Crippen LogP contribution in [0.25, 0.3) is 0 Å². The van der Waals surface area contributed by atoms with Gasteiger partial charge in [-0.05, 0) is 33.6 Å². The van der Waals surface area contributed by atoms with Crippen molar-refractivity contribution in [1.29, 1.82) is 0 Å². The first-order chi connectivity index (χ1) is 9.24. The molecule has 0 atom stereocenters. The SMILES string of the molecule is COc1cc(Br)c(OCc2ccccc2)c(C=O)c1. The molecule has 0 saturated heterocycles. The Kier molecular flexibility index (Phi) is 4.58. The summed E-state index contributed by atoms with van der Waals surface area (Å²) in [5, 5.41) is 0. The van der Waals surface area contributed by atoms with Gasteiger partial charge >= 0.3 is 0 Å². The Hall–Kier alpha value is -1.81. The number of aldehydes is 1. The molecular weight excluding hydrogens is 308 g/mol. The zero-order chi connectivity index (χ0) is 13.7. The number of benzene rings is 2. The average Bonchev–Trinajstić information content (AvgIpc) is 2.46. The van der Waals surface area contributed by atoms with Gasteiger partial charge < -0.3 is 9.47 Å². The van der Waals surface area contributed by atoms with Gasteiger partial charge in [0.05, 0.1) is 17.1 Å². The Labute approximate surface area is 120 Å². The van der Waals surface area contributed by atoms with Gasteiger partial charge in [0.2, 0.25) is 0 Å². The minimum atomic E-state index is 0.409. The summed E-state index contributed by atoms with van der Waals surface area (Å²) in [5.74, 6) is 1.14. The molecule has 4 heteroatoms. The molecule has 0 spiro atoms. The normalized spacial score (nSPS) is 10.0. The van der Waals surface area contributed by atoms with Gasteiger partial charge in [-0.2, -0.15) is 0 Å². The number of methoxy groups -OCH3 is 1. The quantitative estimate of drug-likeness (QED) is 0.785. The maximum atomic E-state index is 11.1. The number of carbonyl (C=O) groups excluding carboxylic acids is 1. The van der Waals surface area contributed by atoms with E-state index in [1.165, 1.54) is 0 Å². The summed E-state index contributed by atoms with van der Waals surface area (Å²) in [7, 11) is 1.56. The van der Waals surface area contributed by atoms with Gasteiger partial charge in [0.1, 0.15) is 18.1 Å². The zero-order valence-corrected chi connectivity index (χ0v) is 12.0. The highest BCUT2D eigenvalue weighted by atomic mass is 79.9. The fraction of sp³-hybridized carbons (Fsp3) is 0.133. The van der Waals surface area contributed by atoms with Gasteiger partial charge in [-0.1, -0.05) is 30.3 Å². The van der Waals surface area contributed by atoms with E-state index in [9.17, 15) is 4.79 Å². The lowest BCUT2D eigenvalue weighted by atomic mass is 10.2. The predicted octanol–water partition coefficient (Wildman–Crippen LogP) is 3.85. The van der Waals surface area contributed by atoms with E-state index in [2.05, 4.69) is 15.9 Å². The summed E-state index contributed by atoms with van der Waals surface area (Å²) in [5.41, 5.74) is 1.50. The van der Waals surface area contributed by atoms with E-state index >= 15 is 0 Å². The van der Waals surface area contributed by atoms with Crippen LogP contribution in [0.4, 0.5) is 0 Å². The predicted molar refractivity (Wildman–Crippen MR) is 76.9 cm³/mol. The molecule has 2 aromatic rings. The minimum Gasteiger partial charge on any atom is -0.497 e. The van der Waals surface area contributed by atoms with Crippen molar-refractivity contribution in [3.05, 3.63) is 58.1 Å². The van der Waals surface area contributed by atoms with Crippen molar-refractivity contribution in [2.45, 2.75) is 6.61 Å². The lowest BCUT2D eigenvalue weighted by Crippen LogP contribution is -1.99. The molecule has 0 saturated carbocycles. The molecule has 98 valence electrons. The fourth-order valence-electron chi connectivity index (χ4n) is 1.68. The first-order valence-electron chi connectivity index (χ1n) is 5.74. The van der Waals surface area contributed by atoms with Gasteiger partial charge in [-0.15, -0.1) is 0 Å². The van der Waals surface area contributed by atoms with Crippen molar-refractivity contribution in [2.24, 2.45) is 0 Å². The van der Waals surface area contributed by atoms with Gasteiger partial charge in [-0.25, -0.2) is 0 Å². The number of hydrogen-bond donors (Lipinski definition) is 0. The molecule has 0 heterocycles. The molecule has 0 bridgehead atoms. The maximum Gasteiger partial charge on any atom is 0.153 e. The average molecular weight is 321 g/mol. The van der Waals surface area contributed by atoms with Crippen LogP contribution in [0.2, 0.25) is 0 Å². The molecule has 0 radical (unpaired) electrons. The van der Waals surface area contributed by atoms with Crippen molar-refractivity contribution >= 4 is 22.2 Å². The van der Waals surface area contributed by atoms with Crippen molar-refractivity contribution < 1.29 is 14.3 Å². The van der Waals surface area contributed by atoms with E-state index in [0.29, 0.717) is 28.1 Å². The van der Waals surface area contributed by atoms with Crippen LogP contribution in [0.15, 0.2) is 46.9 Å². The summed E-state index contributed by atoms with van der Waals surface area (Å²) in [6.45, 7) is 0.409. The van der Waals surface area contributed by atoms with Crippen LogP contribution in [0.3, 0.4) is 0 Å². The summed E-state index contributed by atoms with van der Waals surface area (Å²) >= 11 is 3.39. The van der Waals surface area contributed by atoms with Gasteiger partial charge in [0.25, 0.3) is 0 Å². The third-order valence-electron chi connectivity index (χ3n) is 2.63. The summed E-state index contributed by atoms with van der Waals surface area (Å²) in [6, 6.07) is 13.2. The summed E-state index contributed by atoms with van der Waals surface area (Å²) in [4.78, 5) is 11.1. The first kappa shape index (κ1) is 13.6. The van der Waals surface area contributed by atoms with Crippen molar-refractivity contribution in [3.8, 4) is 11.5 Å². The van der Waals surface area contributed by atoms with Crippen LogP contribution in [0, 0.1) is 0 Å². The Morgan fingerprint density at radius 2 is 1.95 bits per heavy atom. The van der Waals surface area contributed by atoms with Crippen LogP contribution >= 0.6 is 15.9 Å². The fourth-order valence-corrected chi connectivity index (χ4v) is 2.25. The van der Waals surface area contributed by atoms with Crippen LogP contribution < -0.4 is 9.47 Å². The van der Waals surface area contributed by atoms with Gasteiger partial charge in [0.15, 0.2) is 6.29 Å². The molecule has 3 nitrogen and oxygen atoms in total. The van der Waals surface area contributed by atoms with E-state index in [1.54, 1.807) is 19.2 Å². The molecule has 0 unspecified atom stereocenters. The monoisotopic (exact) mass is 320 g/mol. The van der Waals surface area contributed by atoms with Gasteiger partial charge in [0, 0.05) is 0 Å².